The Hall–Kier alpha value is -2.00. The third-order valence-electron chi connectivity index (χ3n) is 8.38. The largest absolute Gasteiger partial charge is 0.458 e. The molecule has 228 valence electrons. The topological polar surface area (TPSA) is 115 Å². The highest BCUT2D eigenvalue weighted by Crippen LogP contribution is 2.37. The SMILES string of the molecule is CC[C@H](OC)[C@@H](C)[C@H]1O[C@@H]1[C@H](O)[C@H](C)/C=C/C=C(\C)[C@@H]1OC(=O)C[C@H](O)CCC(C)(C)[C@@H](OC(C)=O)/C=C/[C@H]1C. The van der Waals surface area contributed by atoms with Gasteiger partial charge in [-0.2, -0.15) is 0 Å². The van der Waals surface area contributed by atoms with Crippen LogP contribution >= 0.6 is 0 Å². The molecule has 2 aliphatic heterocycles. The van der Waals surface area contributed by atoms with Crippen LogP contribution in [0.15, 0.2) is 36.0 Å². The third-order valence-corrected chi connectivity index (χ3v) is 8.38. The van der Waals surface area contributed by atoms with Crippen LogP contribution in [0.1, 0.15) is 81.1 Å². The average Bonchev–Trinajstić information content (AvgIpc) is 3.68. The van der Waals surface area contributed by atoms with Crippen molar-refractivity contribution in [2.45, 2.75) is 124 Å². The van der Waals surface area contributed by atoms with Crippen LogP contribution in [0.5, 0.6) is 0 Å². The Morgan fingerprint density at radius 2 is 1.90 bits per heavy atom. The summed E-state index contributed by atoms with van der Waals surface area (Å²) >= 11 is 0. The summed E-state index contributed by atoms with van der Waals surface area (Å²) in [6, 6.07) is 0. The fourth-order valence-electron chi connectivity index (χ4n) is 5.48. The number of epoxide rings is 1. The molecule has 0 unspecified atom stereocenters. The van der Waals surface area contributed by atoms with Crippen LogP contribution in [0, 0.1) is 23.2 Å². The lowest BCUT2D eigenvalue weighted by Crippen LogP contribution is -2.35. The zero-order valence-electron chi connectivity index (χ0n) is 25.8. The Morgan fingerprint density at radius 1 is 1.23 bits per heavy atom. The molecule has 40 heavy (non-hydrogen) atoms. The second kappa shape index (κ2) is 15.3. The number of hydrogen-bond acceptors (Lipinski definition) is 8. The van der Waals surface area contributed by atoms with Crippen molar-refractivity contribution in [1.82, 2.24) is 0 Å². The number of ether oxygens (including phenoxy) is 4. The maximum Gasteiger partial charge on any atom is 0.309 e. The van der Waals surface area contributed by atoms with Gasteiger partial charge in [0, 0.05) is 37.2 Å². The van der Waals surface area contributed by atoms with Gasteiger partial charge in [0.15, 0.2) is 0 Å². The van der Waals surface area contributed by atoms with Crippen LogP contribution in [0.2, 0.25) is 0 Å². The molecule has 0 radical (unpaired) electrons. The molecular formula is C32H52O8. The zero-order chi connectivity index (χ0) is 30.2. The van der Waals surface area contributed by atoms with Crippen LogP contribution in [0.25, 0.3) is 0 Å². The summed E-state index contributed by atoms with van der Waals surface area (Å²) in [6.07, 6.45) is 8.54. The molecular weight excluding hydrogens is 512 g/mol. The average molecular weight is 565 g/mol. The molecule has 0 aliphatic carbocycles. The number of aliphatic hydroxyl groups is 2. The van der Waals surface area contributed by atoms with Gasteiger partial charge in [0.25, 0.3) is 0 Å². The normalized spacial score (nSPS) is 33.6. The van der Waals surface area contributed by atoms with Crippen LogP contribution in [0.3, 0.4) is 0 Å². The van der Waals surface area contributed by atoms with Gasteiger partial charge in [-0.25, -0.2) is 0 Å². The zero-order valence-corrected chi connectivity index (χ0v) is 25.8. The minimum Gasteiger partial charge on any atom is -0.458 e. The maximum atomic E-state index is 12.7. The summed E-state index contributed by atoms with van der Waals surface area (Å²) in [5.74, 6) is -0.989. The van der Waals surface area contributed by atoms with Crippen LogP contribution in [0.4, 0.5) is 0 Å². The molecule has 0 aromatic rings. The quantitative estimate of drug-likeness (QED) is 0.166. The van der Waals surface area contributed by atoms with Gasteiger partial charge in [0.1, 0.15) is 18.3 Å². The third kappa shape index (κ3) is 9.82. The molecule has 2 heterocycles. The van der Waals surface area contributed by atoms with Gasteiger partial charge >= 0.3 is 11.9 Å². The highest BCUT2D eigenvalue weighted by Gasteiger charge is 2.50. The van der Waals surface area contributed by atoms with Crippen molar-refractivity contribution in [2.24, 2.45) is 23.2 Å². The van der Waals surface area contributed by atoms with E-state index in [-0.39, 0.29) is 48.5 Å². The predicted molar refractivity (Wildman–Crippen MR) is 154 cm³/mol. The van der Waals surface area contributed by atoms with Crippen molar-refractivity contribution in [3.05, 3.63) is 36.0 Å². The van der Waals surface area contributed by atoms with Crippen molar-refractivity contribution in [2.75, 3.05) is 7.11 Å². The highest BCUT2D eigenvalue weighted by atomic mass is 16.6. The predicted octanol–water partition coefficient (Wildman–Crippen LogP) is 4.92. The molecule has 1 saturated heterocycles. The van der Waals surface area contributed by atoms with E-state index in [1.807, 2.05) is 65.0 Å². The summed E-state index contributed by atoms with van der Waals surface area (Å²) < 4.78 is 22.8. The standard InChI is InChI=1S/C32H52O8/c1-10-25(37-9)22(5)30-31(40-30)28(36)19(2)12-11-13-20(3)29-21(4)14-15-26(38-23(6)33)32(7,8)17-16-24(34)18-27(35)39-29/h11-15,19,21-22,24-26,28-31,34,36H,10,16-18H2,1-9H3/b12-11+,15-14+,20-13+/t19-,21-,22-,24-,25+,26+,28-,29+,30-,31-/m1/s1. The lowest BCUT2D eigenvalue weighted by atomic mass is 9.80. The molecule has 0 bridgehead atoms. The molecule has 10 atom stereocenters. The van der Waals surface area contributed by atoms with Gasteiger partial charge in [-0.3, -0.25) is 9.59 Å². The van der Waals surface area contributed by atoms with Gasteiger partial charge in [0.2, 0.25) is 0 Å². The Morgan fingerprint density at radius 3 is 2.50 bits per heavy atom. The summed E-state index contributed by atoms with van der Waals surface area (Å²) in [7, 11) is 1.70. The monoisotopic (exact) mass is 564 g/mol. The fourth-order valence-corrected chi connectivity index (χ4v) is 5.48. The molecule has 0 aromatic carbocycles. The van der Waals surface area contributed by atoms with E-state index in [4.69, 9.17) is 18.9 Å². The maximum absolute atomic E-state index is 12.7. The van der Waals surface area contributed by atoms with Gasteiger partial charge < -0.3 is 29.2 Å². The molecule has 0 saturated carbocycles. The number of esters is 2. The number of rotatable bonds is 10. The first-order chi connectivity index (χ1) is 18.7. The first-order valence-corrected chi connectivity index (χ1v) is 14.7. The van der Waals surface area contributed by atoms with Crippen LogP contribution < -0.4 is 0 Å². The number of carbonyl (C=O) groups is 2. The number of aliphatic hydroxyl groups excluding tert-OH is 2. The van der Waals surface area contributed by atoms with E-state index in [9.17, 15) is 19.8 Å². The Kier molecular flexibility index (Phi) is 13.1. The Labute approximate surface area is 240 Å². The van der Waals surface area contributed by atoms with Gasteiger partial charge in [-0.1, -0.05) is 65.8 Å². The van der Waals surface area contributed by atoms with Gasteiger partial charge in [-0.15, -0.1) is 0 Å². The van der Waals surface area contributed by atoms with Gasteiger partial charge in [0.05, 0.1) is 30.8 Å². The van der Waals surface area contributed by atoms with E-state index in [2.05, 4.69) is 13.8 Å². The molecule has 2 aliphatic rings. The minimum absolute atomic E-state index is 0.0209. The Balaban J connectivity index is 2.16. The molecule has 8 heteroatoms. The van der Waals surface area contributed by atoms with Gasteiger partial charge in [-0.05, 0) is 37.8 Å². The van der Waals surface area contributed by atoms with E-state index in [1.54, 1.807) is 7.11 Å². The van der Waals surface area contributed by atoms with E-state index < -0.39 is 35.8 Å². The molecule has 1 fully saturated rings. The highest BCUT2D eigenvalue weighted by molar-refractivity contribution is 5.70. The molecule has 8 nitrogen and oxygen atoms in total. The molecule has 0 spiro atoms. The van der Waals surface area contributed by atoms with Crippen molar-refractivity contribution in [3.8, 4) is 0 Å². The van der Waals surface area contributed by atoms with Crippen LogP contribution in [-0.4, -0.2) is 72.0 Å². The Bertz CT molecular complexity index is 918. The minimum atomic E-state index is -0.844. The molecule has 2 rings (SSSR count). The summed E-state index contributed by atoms with van der Waals surface area (Å²) in [5.41, 5.74) is 0.396. The van der Waals surface area contributed by atoms with Crippen molar-refractivity contribution in [1.29, 1.82) is 0 Å². The van der Waals surface area contributed by atoms with E-state index >= 15 is 0 Å². The fraction of sp³-hybridized carbons (Fsp3) is 0.750. The number of methoxy groups -OCH3 is 1. The first-order valence-electron chi connectivity index (χ1n) is 14.7. The second-order valence-electron chi connectivity index (χ2n) is 12.3. The summed E-state index contributed by atoms with van der Waals surface area (Å²) in [6.45, 7) is 15.3. The number of carbonyl (C=O) groups excluding carboxylic acids is 2. The molecule has 0 amide bonds. The van der Waals surface area contributed by atoms with Crippen molar-refractivity contribution >= 4 is 11.9 Å². The lowest BCUT2D eigenvalue weighted by molar-refractivity contribution is -0.151. The second-order valence-corrected chi connectivity index (χ2v) is 12.3. The van der Waals surface area contributed by atoms with Crippen molar-refractivity contribution < 1.29 is 38.7 Å². The summed E-state index contributed by atoms with van der Waals surface area (Å²) in [5, 5.41) is 21.3. The van der Waals surface area contributed by atoms with E-state index in [0.717, 1.165) is 12.0 Å². The molecule has 0 aromatic heterocycles. The number of allylic oxidation sites excluding steroid dienone is 2. The molecule has 2 N–H and O–H groups in total. The first kappa shape index (κ1) is 34.2. The lowest BCUT2D eigenvalue weighted by Gasteiger charge is -2.33. The number of cyclic esters (lactones) is 1. The smallest absolute Gasteiger partial charge is 0.309 e. The number of hydrogen-bond donors (Lipinski definition) is 2. The van der Waals surface area contributed by atoms with E-state index in [1.165, 1.54) is 6.92 Å². The van der Waals surface area contributed by atoms with Crippen molar-refractivity contribution in [3.63, 3.8) is 0 Å². The summed E-state index contributed by atoms with van der Waals surface area (Å²) in [4.78, 5) is 24.5. The van der Waals surface area contributed by atoms with E-state index in [0.29, 0.717) is 12.8 Å². The van der Waals surface area contributed by atoms with Crippen LogP contribution in [-0.2, 0) is 28.5 Å².